The van der Waals surface area contributed by atoms with Crippen molar-refractivity contribution in [2.75, 3.05) is 0 Å². The van der Waals surface area contributed by atoms with Gasteiger partial charge in [-0.1, -0.05) is 4.40 Å². The topological polar surface area (TPSA) is 63.6 Å². The number of thiophene rings is 1. The van der Waals surface area contributed by atoms with Crippen molar-refractivity contribution in [3.05, 3.63) is 16.3 Å². The summed E-state index contributed by atoms with van der Waals surface area (Å²) < 4.78 is 24.8. The number of nitrogens with zero attached hydrogens (tertiary/aromatic N) is 1. The van der Waals surface area contributed by atoms with Crippen LogP contribution in [0.3, 0.4) is 0 Å². The molecule has 0 saturated carbocycles. The average Bonchev–Trinajstić information content (AvgIpc) is 2.36. The largest absolute Gasteiger partial charge is 0.293 e. The minimum atomic E-state index is -3.78. The predicted molar refractivity (Wildman–Crippen MR) is 44.4 cm³/mol. The lowest BCUT2D eigenvalue weighted by Gasteiger charge is -1.87. The molecular formula is C6H5NO3S2. The van der Waals surface area contributed by atoms with Gasteiger partial charge in [-0.15, -0.1) is 11.3 Å². The minimum absolute atomic E-state index is 0.0494. The Labute approximate surface area is 73.6 Å². The summed E-state index contributed by atoms with van der Waals surface area (Å²) in [6.07, 6.45) is 1.01. The van der Waals surface area contributed by atoms with Crippen LogP contribution in [0.25, 0.3) is 0 Å². The molecule has 0 aliphatic rings. The van der Waals surface area contributed by atoms with E-state index in [-0.39, 0.29) is 4.90 Å². The monoisotopic (exact) mass is 203 g/mol. The first kappa shape index (κ1) is 9.12. The van der Waals surface area contributed by atoms with E-state index in [4.69, 9.17) is 0 Å². The second kappa shape index (κ2) is 3.18. The molecule has 0 N–H and O–H groups in total. The molecule has 1 aromatic rings. The second-order valence-corrected chi connectivity index (χ2v) is 4.77. The van der Waals surface area contributed by atoms with Gasteiger partial charge in [0.15, 0.2) is 0 Å². The van der Waals surface area contributed by atoms with Crippen LogP contribution in [-0.2, 0) is 14.8 Å². The zero-order valence-electron chi connectivity index (χ0n) is 6.14. The van der Waals surface area contributed by atoms with Gasteiger partial charge in [-0.05, 0) is 13.0 Å². The Balaban J connectivity index is 3.23. The first-order valence-corrected chi connectivity index (χ1v) is 5.27. The maximum Gasteiger partial charge on any atom is 0.293 e. The maximum atomic E-state index is 11.0. The predicted octanol–water partition coefficient (Wildman–Crippen LogP) is 1.08. The highest BCUT2D eigenvalue weighted by Gasteiger charge is 2.13. The average molecular weight is 203 g/mol. The zero-order chi connectivity index (χ0) is 9.19. The molecule has 0 aromatic carbocycles. The minimum Gasteiger partial charge on any atom is -0.210 e. The smallest absolute Gasteiger partial charge is 0.210 e. The summed E-state index contributed by atoms with van der Waals surface area (Å²) in [5.41, 5.74) is 0. The van der Waals surface area contributed by atoms with Crippen LogP contribution in [0.2, 0.25) is 0 Å². The van der Waals surface area contributed by atoms with E-state index in [0.29, 0.717) is 0 Å². The standard InChI is InChI=1S/C6H5NO3S2/c1-5-2-6(3-11-5)12(9,10)7-4-8/h2-3H,1H3. The van der Waals surface area contributed by atoms with Crippen LogP contribution in [0.4, 0.5) is 0 Å². The fourth-order valence-electron chi connectivity index (χ4n) is 0.656. The molecule has 1 aromatic heterocycles. The van der Waals surface area contributed by atoms with Crippen LogP contribution < -0.4 is 0 Å². The lowest BCUT2D eigenvalue weighted by atomic mass is 10.5. The number of sulfonamides is 1. The van der Waals surface area contributed by atoms with E-state index in [9.17, 15) is 13.2 Å². The molecule has 0 spiro atoms. The summed E-state index contributed by atoms with van der Waals surface area (Å²) in [7, 11) is -3.78. The molecule has 0 saturated heterocycles. The first-order valence-electron chi connectivity index (χ1n) is 2.95. The SMILES string of the molecule is Cc1cc(S(=O)(=O)N=C=O)cs1. The summed E-state index contributed by atoms with van der Waals surface area (Å²) >= 11 is 1.29. The molecule has 0 radical (unpaired) electrons. The van der Waals surface area contributed by atoms with Crippen LogP contribution in [0, 0.1) is 6.92 Å². The van der Waals surface area contributed by atoms with Crippen molar-refractivity contribution in [3.8, 4) is 0 Å². The van der Waals surface area contributed by atoms with E-state index < -0.39 is 10.0 Å². The Morgan fingerprint density at radius 2 is 2.25 bits per heavy atom. The molecule has 0 amide bonds. The highest BCUT2D eigenvalue weighted by Crippen LogP contribution is 2.19. The normalized spacial score (nSPS) is 10.8. The molecule has 6 heteroatoms. The van der Waals surface area contributed by atoms with E-state index in [1.807, 2.05) is 0 Å². The first-order chi connectivity index (χ1) is 5.56. The van der Waals surface area contributed by atoms with Gasteiger partial charge in [0.25, 0.3) is 16.1 Å². The number of carbonyl (C=O) groups excluding carboxylic acids is 1. The molecule has 4 nitrogen and oxygen atoms in total. The van der Waals surface area contributed by atoms with Gasteiger partial charge in [0, 0.05) is 10.3 Å². The molecule has 0 unspecified atom stereocenters. The molecule has 12 heavy (non-hydrogen) atoms. The second-order valence-electron chi connectivity index (χ2n) is 2.05. The molecule has 0 aliphatic heterocycles. The van der Waals surface area contributed by atoms with Crippen molar-refractivity contribution in [2.45, 2.75) is 11.8 Å². The summed E-state index contributed by atoms with van der Waals surface area (Å²) in [6, 6.07) is 1.46. The van der Waals surface area contributed by atoms with Crippen LogP contribution in [-0.4, -0.2) is 14.5 Å². The lowest BCUT2D eigenvalue weighted by Crippen LogP contribution is -1.92. The van der Waals surface area contributed by atoms with Gasteiger partial charge >= 0.3 is 0 Å². The molecule has 0 fully saturated rings. The van der Waals surface area contributed by atoms with Gasteiger partial charge in [-0.3, -0.25) is 0 Å². The van der Waals surface area contributed by atoms with Crippen molar-refractivity contribution in [3.63, 3.8) is 0 Å². The van der Waals surface area contributed by atoms with Gasteiger partial charge in [0.1, 0.15) is 4.90 Å². The third-order valence-corrected chi connectivity index (χ3v) is 3.32. The number of aryl methyl sites for hydroxylation is 1. The molecule has 1 rings (SSSR count). The molecule has 64 valence electrons. The fraction of sp³-hybridized carbons (Fsp3) is 0.167. The van der Waals surface area contributed by atoms with E-state index >= 15 is 0 Å². The molecule has 1 heterocycles. The van der Waals surface area contributed by atoms with Gasteiger partial charge in [0.05, 0.1) is 0 Å². The Morgan fingerprint density at radius 3 is 2.67 bits per heavy atom. The number of rotatable bonds is 2. The molecular weight excluding hydrogens is 198 g/mol. The van der Waals surface area contributed by atoms with Crippen molar-refractivity contribution >= 4 is 27.4 Å². The Kier molecular flexibility index (Phi) is 2.42. The van der Waals surface area contributed by atoms with Gasteiger partial charge in [0.2, 0.25) is 0 Å². The van der Waals surface area contributed by atoms with Gasteiger partial charge in [-0.25, -0.2) is 4.79 Å². The van der Waals surface area contributed by atoms with Crippen molar-refractivity contribution in [1.82, 2.24) is 0 Å². The van der Waals surface area contributed by atoms with E-state index in [0.717, 1.165) is 11.0 Å². The summed E-state index contributed by atoms with van der Waals surface area (Å²) in [5, 5.41) is 1.44. The van der Waals surface area contributed by atoms with Gasteiger partial charge < -0.3 is 0 Å². The zero-order valence-corrected chi connectivity index (χ0v) is 7.78. The molecule has 0 bridgehead atoms. The van der Waals surface area contributed by atoms with Crippen LogP contribution in [0.5, 0.6) is 0 Å². The highest BCUT2D eigenvalue weighted by molar-refractivity contribution is 7.90. The Morgan fingerprint density at radius 1 is 1.58 bits per heavy atom. The maximum absolute atomic E-state index is 11.0. The summed E-state index contributed by atoms with van der Waals surface area (Å²) in [6.45, 7) is 1.77. The number of hydrogen-bond donors (Lipinski definition) is 0. The van der Waals surface area contributed by atoms with Crippen molar-refractivity contribution < 1.29 is 13.2 Å². The Bertz CT molecular complexity index is 425. The summed E-state index contributed by atoms with van der Waals surface area (Å²) in [4.78, 5) is 10.6. The van der Waals surface area contributed by atoms with Crippen LogP contribution in [0.1, 0.15) is 4.88 Å². The molecule has 0 aliphatic carbocycles. The van der Waals surface area contributed by atoms with Crippen molar-refractivity contribution in [1.29, 1.82) is 0 Å². The molecule has 0 atom stereocenters. The third-order valence-electron chi connectivity index (χ3n) is 1.16. The Hall–Kier alpha value is -0.970. The highest BCUT2D eigenvalue weighted by atomic mass is 32.2. The quantitative estimate of drug-likeness (QED) is 0.533. The van der Waals surface area contributed by atoms with Crippen molar-refractivity contribution in [2.24, 2.45) is 4.40 Å². The van der Waals surface area contributed by atoms with Crippen LogP contribution >= 0.6 is 11.3 Å². The van der Waals surface area contributed by atoms with E-state index in [1.165, 1.54) is 22.8 Å². The van der Waals surface area contributed by atoms with Crippen LogP contribution in [0.15, 0.2) is 20.7 Å². The summed E-state index contributed by atoms with van der Waals surface area (Å²) in [5.74, 6) is 0. The van der Waals surface area contributed by atoms with E-state index in [1.54, 1.807) is 6.92 Å². The third kappa shape index (κ3) is 1.79. The van der Waals surface area contributed by atoms with E-state index in [2.05, 4.69) is 4.40 Å². The van der Waals surface area contributed by atoms with Gasteiger partial charge in [-0.2, -0.15) is 8.42 Å². The number of isocyanates is 1. The number of hydrogen-bond acceptors (Lipinski definition) is 4. The fourth-order valence-corrected chi connectivity index (χ4v) is 2.46. The lowest BCUT2D eigenvalue weighted by molar-refractivity contribution is 0.563.